The van der Waals surface area contributed by atoms with E-state index in [2.05, 4.69) is 6.58 Å². The Balaban J connectivity index is 1.63. The maximum Gasteiger partial charge on any atom is 0.351 e. The fourth-order valence-electron chi connectivity index (χ4n) is 3.87. The van der Waals surface area contributed by atoms with Gasteiger partial charge in [-0.2, -0.15) is 4.89 Å². The van der Waals surface area contributed by atoms with Crippen molar-refractivity contribution in [3.05, 3.63) is 87.5 Å². The first-order valence-corrected chi connectivity index (χ1v) is 11.5. The highest BCUT2D eigenvalue weighted by Gasteiger charge is 2.29. The summed E-state index contributed by atoms with van der Waals surface area (Å²) < 4.78 is 29.7. The van der Waals surface area contributed by atoms with Gasteiger partial charge in [0.25, 0.3) is 0 Å². The van der Waals surface area contributed by atoms with Crippen LogP contribution in [0.15, 0.2) is 58.3 Å². The molecule has 0 saturated carbocycles. The lowest BCUT2D eigenvalue weighted by Gasteiger charge is -2.30. The Morgan fingerprint density at radius 3 is 2.54 bits per heavy atom. The standard InChI is InChI=1S/C27H27FO7/c1-5-15(3)21-13-19(11-18-12-22(25(29)31-6-2)26(30)33-24(18)21)27-32-14-23(34-35-27)16(4)17-7-9-20(28)10-8-17/h7-13,15,23,27H,4-6,14H2,1-3H3. The van der Waals surface area contributed by atoms with Crippen molar-refractivity contribution in [3.8, 4) is 0 Å². The van der Waals surface area contributed by atoms with Crippen LogP contribution in [-0.4, -0.2) is 25.3 Å². The smallest absolute Gasteiger partial charge is 0.351 e. The number of hydrogen-bond donors (Lipinski definition) is 0. The summed E-state index contributed by atoms with van der Waals surface area (Å²) in [5, 5.41) is 0.547. The average molecular weight is 483 g/mol. The maximum absolute atomic E-state index is 13.2. The van der Waals surface area contributed by atoms with Gasteiger partial charge in [0.2, 0.25) is 6.29 Å². The van der Waals surface area contributed by atoms with E-state index in [0.29, 0.717) is 27.7 Å². The van der Waals surface area contributed by atoms with Crippen molar-refractivity contribution in [1.29, 1.82) is 0 Å². The van der Waals surface area contributed by atoms with Crippen LogP contribution < -0.4 is 5.63 Å². The molecule has 35 heavy (non-hydrogen) atoms. The molecular weight excluding hydrogens is 455 g/mol. The van der Waals surface area contributed by atoms with E-state index in [-0.39, 0.29) is 30.5 Å². The Labute approximate surface area is 202 Å². The number of carbonyl (C=O) groups excluding carboxylic acids is 1. The van der Waals surface area contributed by atoms with Crippen molar-refractivity contribution in [2.75, 3.05) is 13.2 Å². The Morgan fingerprint density at radius 1 is 1.17 bits per heavy atom. The monoisotopic (exact) mass is 482 g/mol. The molecule has 0 N–H and O–H groups in total. The first kappa shape index (κ1) is 24.8. The van der Waals surface area contributed by atoms with Gasteiger partial charge in [-0.3, -0.25) is 0 Å². The fraction of sp³-hybridized carbons (Fsp3) is 0.333. The zero-order chi connectivity index (χ0) is 25.1. The third-order valence-electron chi connectivity index (χ3n) is 6.06. The van der Waals surface area contributed by atoms with Crippen LogP contribution in [0, 0.1) is 5.82 Å². The van der Waals surface area contributed by atoms with E-state index >= 15 is 0 Å². The Kier molecular flexibility index (Phi) is 7.45. The van der Waals surface area contributed by atoms with Crippen LogP contribution in [0.4, 0.5) is 4.39 Å². The molecule has 3 unspecified atom stereocenters. The zero-order valence-corrected chi connectivity index (χ0v) is 19.8. The van der Waals surface area contributed by atoms with E-state index in [1.165, 1.54) is 18.2 Å². The van der Waals surface area contributed by atoms with Crippen LogP contribution >= 0.6 is 0 Å². The van der Waals surface area contributed by atoms with E-state index < -0.39 is 24.0 Å². The number of rotatable bonds is 7. The van der Waals surface area contributed by atoms with Crippen LogP contribution in [0.5, 0.6) is 0 Å². The van der Waals surface area contributed by atoms with Gasteiger partial charge in [-0.1, -0.05) is 32.6 Å². The zero-order valence-electron chi connectivity index (χ0n) is 19.8. The molecule has 1 fully saturated rings. The highest BCUT2D eigenvalue weighted by atomic mass is 19.1. The van der Waals surface area contributed by atoms with Gasteiger partial charge in [0, 0.05) is 10.9 Å². The molecule has 0 spiro atoms. The molecule has 1 aromatic heterocycles. The van der Waals surface area contributed by atoms with Crippen LogP contribution in [-0.2, 0) is 19.2 Å². The minimum atomic E-state index is -0.850. The molecule has 2 aromatic carbocycles. The molecule has 3 aromatic rings. The van der Waals surface area contributed by atoms with Crippen molar-refractivity contribution in [2.24, 2.45) is 0 Å². The third kappa shape index (κ3) is 5.19. The second kappa shape index (κ2) is 10.5. The molecule has 2 heterocycles. The molecule has 1 saturated heterocycles. The molecule has 0 bridgehead atoms. The summed E-state index contributed by atoms with van der Waals surface area (Å²) in [5.74, 6) is -1.02. The van der Waals surface area contributed by atoms with E-state index in [0.717, 1.165) is 12.0 Å². The minimum absolute atomic E-state index is 0.0598. The second-order valence-corrected chi connectivity index (χ2v) is 8.38. The number of halogens is 1. The minimum Gasteiger partial charge on any atom is -0.462 e. The van der Waals surface area contributed by atoms with Crippen molar-refractivity contribution < 1.29 is 32.9 Å². The fourth-order valence-corrected chi connectivity index (χ4v) is 3.87. The summed E-state index contributed by atoms with van der Waals surface area (Å²) in [7, 11) is 0. The number of carbonyl (C=O) groups is 1. The summed E-state index contributed by atoms with van der Waals surface area (Å²) in [5.41, 5.74) is 2.23. The van der Waals surface area contributed by atoms with Crippen molar-refractivity contribution >= 4 is 22.5 Å². The Bertz CT molecular complexity index is 1290. The summed E-state index contributed by atoms with van der Waals surface area (Å²) >= 11 is 0. The normalized spacial score (nSPS) is 18.9. The Hall–Kier alpha value is -3.33. The summed E-state index contributed by atoms with van der Waals surface area (Å²) in [6, 6.07) is 11.0. The van der Waals surface area contributed by atoms with Crippen LogP contribution in [0.1, 0.15) is 66.4 Å². The topological polar surface area (TPSA) is 84.2 Å². The lowest BCUT2D eigenvalue weighted by molar-refractivity contribution is -0.435. The molecule has 7 nitrogen and oxygen atoms in total. The van der Waals surface area contributed by atoms with Crippen molar-refractivity contribution in [1.82, 2.24) is 0 Å². The predicted octanol–water partition coefficient (Wildman–Crippen LogP) is 5.68. The Morgan fingerprint density at radius 2 is 1.91 bits per heavy atom. The largest absolute Gasteiger partial charge is 0.462 e. The molecule has 4 rings (SSSR count). The third-order valence-corrected chi connectivity index (χ3v) is 6.06. The van der Waals surface area contributed by atoms with E-state index in [9.17, 15) is 14.0 Å². The predicted molar refractivity (Wildman–Crippen MR) is 127 cm³/mol. The van der Waals surface area contributed by atoms with E-state index in [1.807, 2.05) is 19.9 Å². The van der Waals surface area contributed by atoms with Crippen LogP contribution in [0.2, 0.25) is 0 Å². The first-order valence-electron chi connectivity index (χ1n) is 11.5. The highest BCUT2D eigenvalue weighted by Crippen LogP contribution is 2.35. The number of esters is 1. The first-order chi connectivity index (χ1) is 16.8. The molecule has 0 radical (unpaired) electrons. The molecule has 3 atom stereocenters. The van der Waals surface area contributed by atoms with Gasteiger partial charge in [0.1, 0.15) is 23.1 Å². The van der Waals surface area contributed by atoms with Crippen molar-refractivity contribution in [2.45, 2.75) is 45.5 Å². The summed E-state index contributed by atoms with van der Waals surface area (Å²) in [6.07, 6.45) is -0.623. The molecule has 1 aliphatic rings. The van der Waals surface area contributed by atoms with Gasteiger partial charge in [0.05, 0.1) is 13.2 Å². The average Bonchev–Trinajstić information content (AvgIpc) is 2.87. The van der Waals surface area contributed by atoms with E-state index in [4.69, 9.17) is 23.7 Å². The van der Waals surface area contributed by atoms with Crippen LogP contribution in [0.3, 0.4) is 0 Å². The molecule has 0 amide bonds. The van der Waals surface area contributed by atoms with Gasteiger partial charge in [-0.15, -0.1) is 0 Å². The van der Waals surface area contributed by atoms with Gasteiger partial charge in [-0.05, 0) is 66.3 Å². The summed E-state index contributed by atoms with van der Waals surface area (Å²) in [4.78, 5) is 35.8. The molecular formula is C27H27FO7. The van der Waals surface area contributed by atoms with Crippen molar-refractivity contribution in [3.63, 3.8) is 0 Å². The quantitative estimate of drug-likeness (QED) is 0.243. The maximum atomic E-state index is 13.2. The SMILES string of the molecule is C=C(c1ccc(F)cc1)C1COC(c2cc(C(C)CC)c3oc(=O)c(C(=O)OCC)cc3c2)OO1. The van der Waals surface area contributed by atoms with Gasteiger partial charge < -0.3 is 13.9 Å². The van der Waals surface area contributed by atoms with Crippen LogP contribution in [0.25, 0.3) is 16.5 Å². The molecule has 8 heteroatoms. The van der Waals surface area contributed by atoms with Gasteiger partial charge in [-0.25, -0.2) is 18.9 Å². The van der Waals surface area contributed by atoms with E-state index in [1.54, 1.807) is 25.1 Å². The summed E-state index contributed by atoms with van der Waals surface area (Å²) in [6.45, 7) is 10.0. The lowest BCUT2D eigenvalue weighted by Crippen LogP contribution is -2.30. The highest BCUT2D eigenvalue weighted by molar-refractivity contribution is 5.93. The number of ether oxygens (including phenoxy) is 2. The molecule has 0 aliphatic carbocycles. The molecule has 184 valence electrons. The number of hydrogen-bond acceptors (Lipinski definition) is 7. The molecule has 1 aliphatic heterocycles. The number of fused-ring (bicyclic) bond motifs is 1. The van der Waals surface area contributed by atoms with Gasteiger partial charge in [0.15, 0.2) is 0 Å². The number of benzene rings is 2. The lowest BCUT2D eigenvalue weighted by atomic mass is 9.93. The van der Waals surface area contributed by atoms with Gasteiger partial charge >= 0.3 is 11.6 Å². The second-order valence-electron chi connectivity index (χ2n) is 8.38.